The Morgan fingerprint density at radius 1 is 1.28 bits per heavy atom. The minimum Gasteiger partial charge on any atom is -0.310 e. The zero-order valence-corrected chi connectivity index (χ0v) is 10.5. The molecule has 0 aliphatic heterocycles. The maximum Gasteiger partial charge on any atom is 0.305 e. The van der Waals surface area contributed by atoms with Gasteiger partial charge in [-0.15, -0.1) is 0 Å². The van der Waals surface area contributed by atoms with Crippen LogP contribution in [-0.4, -0.2) is 11.0 Å². The van der Waals surface area contributed by atoms with E-state index >= 15 is 0 Å². The lowest BCUT2D eigenvalue weighted by Crippen LogP contribution is -2.30. The molecule has 0 aliphatic carbocycles. The van der Waals surface area contributed by atoms with E-state index in [1.165, 1.54) is 0 Å². The molecule has 0 fully saturated rings. The van der Waals surface area contributed by atoms with Gasteiger partial charge in [0.25, 0.3) is 0 Å². The van der Waals surface area contributed by atoms with E-state index < -0.39 is 22.2 Å². The van der Waals surface area contributed by atoms with Crippen LogP contribution in [0, 0.1) is 27.7 Å². The number of nitro groups is 1. The molecule has 0 radical (unpaired) electrons. The molecule has 1 rings (SSSR count). The highest BCUT2D eigenvalue weighted by Gasteiger charge is 2.18. The van der Waals surface area contributed by atoms with Crippen molar-refractivity contribution in [2.45, 2.75) is 33.4 Å². The van der Waals surface area contributed by atoms with Gasteiger partial charge in [0.05, 0.1) is 4.92 Å². The van der Waals surface area contributed by atoms with Crippen molar-refractivity contribution in [3.8, 4) is 0 Å². The standard InChI is InChI=1S/C12H16F2N2O2/c1-7(2)8(3)15-6-9-4-12(16(17)18)11(14)5-10(9)13/h4-5,7-8,15H,6H2,1-3H3. The summed E-state index contributed by atoms with van der Waals surface area (Å²) in [6.07, 6.45) is 0. The molecule has 1 atom stereocenters. The Balaban J connectivity index is 2.89. The first-order valence-electron chi connectivity index (χ1n) is 5.68. The molecule has 0 aromatic heterocycles. The molecular formula is C12H16F2N2O2. The van der Waals surface area contributed by atoms with E-state index in [1.807, 2.05) is 20.8 Å². The van der Waals surface area contributed by atoms with Gasteiger partial charge in [-0.05, 0) is 12.8 Å². The summed E-state index contributed by atoms with van der Waals surface area (Å²) in [6.45, 7) is 6.06. The molecule has 0 saturated carbocycles. The fourth-order valence-corrected chi connectivity index (χ4v) is 1.36. The highest BCUT2D eigenvalue weighted by Crippen LogP contribution is 2.21. The lowest BCUT2D eigenvalue weighted by Gasteiger charge is -2.17. The molecule has 4 nitrogen and oxygen atoms in total. The first-order chi connectivity index (χ1) is 8.32. The number of nitrogens with one attached hydrogen (secondary N) is 1. The Bertz CT molecular complexity index is 450. The van der Waals surface area contributed by atoms with Gasteiger partial charge in [-0.25, -0.2) is 4.39 Å². The van der Waals surface area contributed by atoms with Gasteiger partial charge in [0.1, 0.15) is 5.82 Å². The second-order valence-corrected chi connectivity index (χ2v) is 4.57. The third-order valence-corrected chi connectivity index (χ3v) is 2.93. The average molecular weight is 258 g/mol. The largest absolute Gasteiger partial charge is 0.310 e. The molecule has 1 aromatic rings. The van der Waals surface area contributed by atoms with Gasteiger partial charge in [0.15, 0.2) is 0 Å². The molecule has 0 amide bonds. The zero-order chi connectivity index (χ0) is 13.9. The van der Waals surface area contributed by atoms with Gasteiger partial charge in [-0.1, -0.05) is 13.8 Å². The fourth-order valence-electron chi connectivity index (χ4n) is 1.36. The van der Waals surface area contributed by atoms with Crippen LogP contribution in [-0.2, 0) is 6.54 Å². The van der Waals surface area contributed by atoms with Crippen molar-refractivity contribution in [2.24, 2.45) is 5.92 Å². The number of nitrogens with zero attached hydrogens (tertiary/aromatic N) is 1. The molecule has 0 bridgehead atoms. The quantitative estimate of drug-likeness (QED) is 0.652. The molecule has 1 aromatic carbocycles. The lowest BCUT2D eigenvalue weighted by atomic mass is 10.1. The average Bonchev–Trinajstić information content (AvgIpc) is 2.26. The van der Waals surface area contributed by atoms with Crippen LogP contribution in [0.5, 0.6) is 0 Å². The summed E-state index contributed by atoms with van der Waals surface area (Å²) in [7, 11) is 0. The van der Waals surface area contributed by atoms with Crippen molar-refractivity contribution in [1.29, 1.82) is 0 Å². The summed E-state index contributed by atoms with van der Waals surface area (Å²) < 4.78 is 26.5. The summed E-state index contributed by atoms with van der Waals surface area (Å²) in [4.78, 5) is 9.70. The second-order valence-electron chi connectivity index (χ2n) is 4.57. The SMILES string of the molecule is CC(C)C(C)NCc1cc([N+](=O)[O-])c(F)cc1F. The van der Waals surface area contributed by atoms with Gasteiger partial charge in [-0.3, -0.25) is 10.1 Å². The van der Waals surface area contributed by atoms with Crippen molar-refractivity contribution in [2.75, 3.05) is 0 Å². The second kappa shape index (κ2) is 5.86. The highest BCUT2D eigenvalue weighted by atomic mass is 19.1. The Morgan fingerprint density at radius 3 is 2.39 bits per heavy atom. The first kappa shape index (κ1) is 14.5. The van der Waals surface area contributed by atoms with Crippen molar-refractivity contribution in [1.82, 2.24) is 5.32 Å². The molecule has 100 valence electrons. The number of hydrogen-bond acceptors (Lipinski definition) is 3. The fraction of sp³-hybridized carbons (Fsp3) is 0.500. The molecular weight excluding hydrogens is 242 g/mol. The van der Waals surface area contributed by atoms with Crippen molar-refractivity contribution >= 4 is 5.69 Å². The van der Waals surface area contributed by atoms with Crippen molar-refractivity contribution in [3.05, 3.63) is 39.4 Å². The van der Waals surface area contributed by atoms with E-state index in [0.717, 1.165) is 6.07 Å². The predicted molar refractivity (Wildman–Crippen MR) is 64.2 cm³/mol. The maximum absolute atomic E-state index is 13.4. The Morgan fingerprint density at radius 2 is 1.89 bits per heavy atom. The topological polar surface area (TPSA) is 55.2 Å². The Hall–Kier alpha value is -1.56. The highest BCUT2D eigenvalue weighted by molar-refractivity contribution is 5.37. The normalized spacial score (nSPS) is 12.8. The molecule has 1 N–H and O–H groups in total. The molecule has 0 aliphatic rings. The van der Waals surface area contributed by atoms with Crippen LogP contribution in [0.25, 0.3) is 0 Å². The molecule has 0 saturated heterocycles. The van der Waals surface area contributed by atoms with Gasteiger partial charge >= 0.3 is 5.69 Å². The molecule has 18 heavy (non-hydrogen) atoms. The maximum atomic E-state index is 13.4. The van der Waals surface area contributed by atoms with Crippen LogP contribution >= 0.6 is 0 Å². The predicted octanol–water partition coefficient (Wildman–Crippen LogP) is 3.01. The van der Waals surface area contributed by atoms with Gasteiger partial charge in [0.2, 0.25) is 5.82 Å². The summed E-state index contributed by atoms with van der Waals surface area (Å²) in [5.41, 5.74) is -0.610. The zero-order valence-electron chi connectivity index (χ0n) is 10.5. The van der Waals surface area contributed by atoms with Gasteiger partial charge < -0.3 is 5.32 Å². The van der Waals surface area contributed by atoms with Crippen LogP contribution < -0.4 is 5.32 Å². The minimum absolute atomic E-state index is 0.0931. The Labute approximate surface area is 104 Å². The molecule has 1 unspecified atom stereocenters. The molecule has 0 spiro atoms. The number of hydrogen-bond donors (Lipinski definition) is 1. The van der Waals surface area contributed by atoms with E-state index in [-0.39, 0.29) is 18.2 Å². The van der Waals surface area contributed by atoms with Gasteiger partial charge in [0, 0.05) is 30.3 Å². The van der Waals surface area contributed by atoms with Crippen LogP contribution in [0.4, 0.5) is 14.5 Å². The van der Waals surface area contributed by atoms with Crippen molar-refractivity contribution in [3.63, 3.8) is 0 Å². The Kier molecular flexibility index (Phi) is 4.72. The third-order valence-electron chi connectivity index (χ3n) is 2.93. The van der Waals surface area contributed by atoms with Crippen LogP contribution in [0.15, 0.2) is 12.1 Å². The van der Waals surface area contributed by atoms with Crippen molar-refractivity contribution < 1.29 is 13.7 Å². The van der Waals surface area contributed by atoms with Crippen LogP contribution in [0.3, 0.4) is 0 Å². The molecule has 6 heteroatoms. The van der Waals surface area contributed by atoms with Crippen LogP contribution in [0.1, 0.15) is 26.3 Å². The first-order valence-corrected chi connectivity index (χ1v) is 5.68. The number of nitro benzene ring substituents is 1. The summed E-state index contributed by atoms with van der Waals surface area (Å²) >= 11 is 0. The third kappa shape index (κ3) is 3.46. The monoisotopic (exact) mass is 258 g/mol. The summed E-state index contributed by atoms with van der Waals surface area (Å²) in [5, 5.41) is 13.6. The summed E-state index contributed by atoms with van der Waals surface area (Å²) in [5.74, 6) is -1.58. The summed E-state index contributed by atoms with van der Waals surface area (Å²) in [6, 6.07) is 1.62. The van der Waals surface area contributed by atoms with Crippen LogP contribution in [0.2, 0.25) is 0 Å². The smallest absolute Gasteiger partial charge is 0.305 e. The number of rotatable bonds is 5. The van der Waals surface area contributed by atoms with E-state index in [2.05, 4.69) is 5.32 Å². The van der Waals surface area contributed by atoms with E-state index in [0.29, 0.717) is 12.0 Å². The number of benzene rings is 1. The van der Waals surface area contributed by atoms with Gasteiger partial charge in [-0.2, -0.15) is 4.39 Å². The number of halogens is 2. The van der Waals surface area contributed by atoms with E-state index in [1.54, 1.807) is 0 Å². The molecule has 0 heterocycles. The van der Waals surface area contributed by atoms with E-state index in [9.17, 15) is 18.9 Å². The lowest BCUT2D eigenvalue weighted by molar-refractivity contribution is -0.387. The minimum atomic E-state index is -1.15. The van der Waals surface area contributed by atoms with E-state index in [4.69, 9.17) is 0 Å².